The van der Waals surface area contributed by atoms with E-state index in [1.165, 1.54) is 0 Å². The summed E-state index contributed by atoms with van der Waals surface area (Å²) in [4.78, 5) is 14.4. The van der Waals surface area contributed by atoms with Crippen molar-refractivity contribution in [2.24, 2.45) is 0 Å². The number of carbonyl (C=O) groups is 1. The van der Waals surface area contributed by atoms with Crippen LogP contribution in [0.4, 0.5) is 5.69 Å². The van der Waals surface area contributed by atoms with Gasteiger partial charge in [-0.25, -0.2) is 0 Å². The Bertz CT molecular complexity index is 619. The first-order valence-corrected chi connectivity index (χ1v) is 7.90. The van der Waals surface area contributed by atoms with Gasteiger partial charge in [-0.2, -0.15) is 0 Å². The highest BCUT2D eigenvalue weighted by atomic mass is 16.5. The van der Waals surface area contributed by atoms with Gasteiger partial charge < -0.3 is 14.4 Å². The van der Waals surface area contributed by atoms with Crippen molar-refractivity contribution in [3.05, 3.63) is 65.7 Å². The first-order chi connectivity index (χ1) is 11.3. The number of Topliss-reactive ketones (excluding diaryl/α,β-unsaturated/α-hetero) is 1. The molecule has 0 saturated carbocycles. The molecule has 120 valence electrons. The van der Waals surface area contributed by atoms with Crippen LogP contribution < -0.4 is 4.90 Å². The lowest BCUT2D eigenvalue weighted by Crippen LogP contribution is -2.36. The zero-order valence-electron chi connectivity index (χ0n) is 13.1. The van der Waals surface area contributed by atoms with Crippen LogP contribution in [0.2, 0.25) is 0 Å². The van der Waals surface area contributed by atoms with E-state index in [0.29, 0.717) is 12.2 Å². The van der Waals surface area contributed by atoms with Crippen LogP contribution >= 0.6 is 0 Å². The molecule has 0 amide bonds. The van der Waals surface area contributed by atoms with Crippen LogP contribution in [-0.2, 0) is 16.1 Å². The second kappa shape index (κ2) is 7.90. The third-order valence-electron chi connectivity index (χ3n) is 3.91. The zero-order valence-corrected chi connectivity index (χ0v) is 13.1. The van der Waals surface area contributed by atoms with Crippen molar-refractivity contribution in [2.45, 2.75) is 6.61 Å². The monoisotopic (exact) mass is 311 g/mol. The van der Waals surface area contributed by atoms with Crippen molar-refractivity contribution in [1.29, 1.82) is 0 Å². The van der Waals surface area contributed by atoms with Gasteiger partial charge >= 0.3 is 0 Å². The largest absolute Gasteiger partial charge is 0.378 e. The molecule has 2 aromatic carbocycles. The topological polar surface area (TPSA) is 38.8 Å². The minimum absolute atomic E-state index is 0.00876. The SMILES string of the molecule is O=C(COCc1ccccc1)c1ccc(N2CCOCC2)cc1. The molecule has 4 nitrogen and oxygen atoms in total. The first-order valence-electron chi connectivity index (χ1n) is 7.90. The molecule has 4 heteroatoms. The summed E-state index contributed by atoms with van der Waals surface area (Å²) < 4.78 is 10.9. The standard InChI is InChI=1S/C19H21NO3/c21-19(15-23-14-16-4-2-1-3-5-16)17-6-8-18(9-7-17)20-10-12-22-13-11-20/h1-9H,10-15H2. The Labute approximate surface area is 136 Å². The molecule has 3 rings (SSSR count). The predicted octanol–water partition coefficient (Wildman–Crippen LogP) is 2.92. The van der Waals surface area contributed by atoms with E-state index in [9.17, 15) is 4.79 Å². The number of ketones is 1. The van der Waals surface area contributed by atoms with Crippen LogP contribution in [-0.4, -0.2) is 38.7 Å². The highest BCUT2D eigenvalue weighted by molar-refractivity contribution is 5.97. The Morgan fingerprint density at radius 1 is 1.00 bits per heavy atom. The molecule has 1 fully saturated rings. The van der Waals surface area contributed by atoms with E-state index in [1.807, 2.05) is 54.6 Å². The van der Waals surface area contributed by atoms with Gasteiger partial charge in [0.15, 0.2) is 5.78 Å². The van der Waals surface area contributed by atoms with Gasteiger partial charge in [0, 0.05) is 24.3 Å². The Morgan fingerprint density at radius 3 is 2.39 bits per heavy atom. The fourth-order valence-electron chi connectivity index (χ4n) is 2.60. The summed E-state index contributed by atoms with van der Waals surface area (Å²) >= 11 is 0. The van der Waals surface area contributed by atoms with Crippen molar-refractivity contribution in [1.82, 2.24) is 0 Å². The Hall–Kier alpha value is -2.17. The normalized spacial score (nSPS) is 14.7. The van der Waals surface area contributed by atoms with Crippen LogP contribution in [0.15, 0.2) is 54.6 Å². The van der Waals surface area contributed by atoms with Crippen LogP contribution in [0, 0.1) is 0 Å². The van der Waals surface area contributed by atoms with E-state index in [2.05, 4.69) is 4.90 Å². The predicted molar refractivity (Wildman–Crippen MR) is 89.9 cm³/mol. The number of hydrogen-bond donors (Lipinski definition) is 0. The van der Waals surface area contributed by atoms with E-state index in [0.717, 1.165) is 37.6 Å². The summed E-state index contributed by atoms with van der Waals surface area (Å²) in [6, 6.07) is 17.6. The molecular weight excluding hydrogens is 290 g/mol. The first kappa shape index (κ1) is 15.7. The second-order valence-corrected chi connectivity index (χ2v) is 5.55. The van der Waals surface area contributed by atoms with Crippen LogP contribution in [0.3, 0.4) is 0 Å². The summed E-state index contributed by atoms with van der Waals surface area (Å²) in [7, 11) is 0. The molecule has 1 saturated heterocycles. The lowest BCUT2D eigenvalue weighted by Gasteiger charge is -2.28. The second-order valence-electron chi connectivity index (χ2n) is 5.55. The molecule has 0 unspecified atom stereocenters. The molecule has 1 aliphatic heterocycles. The summed E-state index contributed by atoms with van der Waals surface area (Å²) in [6.07, 6.45) is 0. The molecule has 0 N–H and O–H groups in total. The van der Waals surface area contributed by atoms with Crippen molar-refractivity contribution < 1.29 is 14.3 Å². The average molecular weight is 311 g/mol. The van der Waals surface area contributed by atoms with E-state index < -0.39 is 0 Å². The maximum atomic E-state index is 12.2. The van der Waals surface area contributed by atoms with Crippen molar-refractivity contribution >= 4 is 11.5 Å². The molecule has 23 heavy (non-hydrogen) atoms. The zero-order chi connectivity index (χ0) is 15.9. The smallest absolute Gasteiger partial charge is 0.188 e. The number of carbonyl (C=O) groups excluding carboxylic acids is 1. The fourth-order valence-corrected chi connectivity index (χ4v) is 2.60. The van der Waals surface area contributed by atoms with Gasteiger partial charge in [-0.05, 0) is 29.8 Å². The molecule has 0 bridgehead atoms. The molecule has 0 radical (unpaired) electrons. The van der Waals surface area contributed by atoms with Crippen LogP contribution in [0.1, 0.15) is 15.9 Å². The summed E-state index contributed by atoms with van der Waals surface area (Å²) in [5, 5.41) is 0. The van der Waals surface area contributed by atoms with E-state index in [1.54, 1.807) is 0 Å². The lowest BCUT2D eigenvalue weighted by molar-refractivity contribution is 0.0726. The van der Waals surface area contributed by atoms with Gasteiger partial charge in [-0.1, -0.05) is 30.3 Å². The minimum Gasteiger partial charge on any atom is -0.378 e. The maximum Gasteiger partial charge on any atom is 0.188 e. The number of hydrogen-bond acceptors (Lipinski definition) is 4. The summed E-state index contributed by atoms with van der Waals surface area (Å²) in [5.74, 6) is 0.00876. The molecule has 0 aliphatic carbocycles. The Balaban J connectivity index is 1.51. The Kier molecular flexibility index (Phi) is 5.40. The molecule has 1 heterocycles. The lowest BCUT2D eigenvalue weighted by atomic mass is 10.1. The highest BCUT2D eigenvalue weighted by Crippen LogP contribution is 2.17. The third-order valence-corrected chi connectivity index (χ3v) is 3.91. The third kappa shape index (κ3) is 4.41. The van der Waals surface area contributed by atoms with Gasteiger partial charge in [-0.3, -0.25) is 4.79 Å². The molecule has 0 atom stereocenters. The Morgan fingerprint density at radius 2 is 1.70 bits per heavy atom. The van der Waals surface area contributed by atoms with E-state index in [4.69, 9.17) is 9.47 Å². The number of morpholine rings is 1. The van der Waals surface area contributed by atoms with Crippen molar-refractivity contribution in [2.75, 3.05) is 37.8 Å². The van der Waals surface area contributed by atoms with Crippen LogP contribution in [0.25, 0.3) is 0 Å². The molecule has 0 spiro atoms. The minimum atomic E-state index is 0.00876. The average Bonchev–Trinajstić information content (AvgIpc) is 2.63. The quantitative estimate of drug-likeness (QED) is 0.769. The van der Waals surface area contributed by atoms with E-state index >= 15 is 0 Å². The number of anilines is 1. The van der Waals surface area contributed by atoms with Gasteiger partial charge in [0.25, 0.3) is 0 Å². The van der Waals surface area contributed by atoms with Crippen LogP contribution in [0.5, 0.6) is 0 Å². The van der Waals surface area contributed by atoms with E-state index in [-0.39, 0.29) is 12.4 Å². The van der Waals surface area contributed by atoms with Crippen molar-refractivity contribution in [3.8, 4) is 0 Å². The molecule has 2 aromatic rings. The number of rotatable bonds is 6. The molecule has 1 aliphatic rings. The van der Waals surface area contributed by atoms with Crippen molar-refractivity contribution in [3.63, 3.8) is 0 Å². The molecular formula is C19H21NO3. The van der Waals surface area contributed by atoms with Gasteiger partial charge in [0.2, 0.25) is 0 Å². The number of nitrogens with zero attached hydrogens (tertiary/aromatic N) is 1. The van der Waals surface area contributed by atoms with Gasteiger partial charge in [0.1, 0.15) is 6.61 Å². The summed E-state index contributed by atoms with van der Waals surface area (Å²) in [5.41, 5.74) is 2.90. The van der Waals surface area contributed by atoms with Gasteiger partial charge in [-0.15, -0.1) is 0 Å². The molecule has 0 aromatic heterocycles. The number of ether oxygens (including phenoxy) is 2. The number of benzene rings is 2. The maximum absolute atomic E-state index is 12.2. The summed E-state index contributed by atoms with van der Waals surface area (Å²) in [6.45, 7) is 3.87. The fraction of sp³-hybridized carbons (Fsp3) is 0.316. The highest BCUT2D eigenvalue weighted by Gasteiger charge is 2.12. The van der Waals surface area contributed by atoms with Gasteiger partial charge in [0.05, 0.1) is 19.8 Å².